The zero-order valence-corrected chi connectivity index (χ0v) is 16.1. The number of nitrogens with one attached hydrogen (secondary N) is 1. The maximum atomic E-state index is 12.9. The molecule has 1 aromatic carbocycles. The minimum absolute atomic E-state index is 0.0284. The molecule has 3 heterocycles. The summed E-state index contributed by atoms with van der Waals surface area (Å²) < 4.78 is 13.2. The maximum Gasteiger partial charge on any atom is 0.287 e. The molecule has 0 spiro atoms. The third kappa shape index (κ3) is 3.07. The number of amides is 1. The number of aromatic nitrogens is 3. The van der Waals surface area contributed by atoms with Gasteiger partial charge in [0.25, 0.3) is 5.91 Å². The SMILES string of the molecule is COc1ccc2oc(C(=O)N[C@@H]3CCc4nnc(C(C)C)n4C3)c(C)c2c1. The molecule has 1 atom stereocenters. The van der Waals surface area contributed by atoms with Gasteiger partial charge in [-0.1, -0.05) is 13.8 Å². The van der Waals surface area contributed by atoms with E-state index in [4.69, 9.17) is 9.15 Å². The Morgan fingerprint density at radius 3 is 2.93 bits per heavy atom. The number of fused-ring (bicyclic) bond motifs is 2. The summed E-state index contributed by atoms with van der Waals surface area (Å²) in [7, 11) is 1.62. The number of aryl methyl sites for hydroxylation is 2. The lowest BCUT2D eigenvalue weighted by molar-refractivity contribution is 0.0900. The second-order valence-corrected chi connectivity index (χ2v) is 7.37. The Bertz CT molecular complexity index is 1000. The van der Waals surface area contributed by atoms with E-state index in [1.807, 2.05) is 25.1 Å². The van der Waals surface area contributed by atoms with Gasteiger partial charge in [-0.3, -0.25) is 4.79 Å². The monoisotopic (exact) mass is 368 g/mol. The van der Waals surface area contributed by atoms with Crippen LogP contribution in [-0.4, -0.2) is 33.8 Å². The molecule has 4 rings (SSSR count). The summed E-state index contributed by atoms with van der Waals surface area (Å²) in [5.41, 5.74) is 1.51. The molecule has 1 amide bonds. The summed E-state index contributed by atoms with van der Waals surface area (Å²) in [6.07, 6.45) is 1.65. The Balaban J connectivity index is 1.55. The van der Waals surface area contributed by atoms with Crippen LogP contribution in [0.25, 0.3) is 11.0 Å². The summed E-state index contributed by atoms with van der Waals surface area (Å²) >= 11 is 0. The number of nitrogens with zero attached hydrogens (tertiary/aromatic N) is 3. The van der Waals surface area contributed by atoms with Gasteiger partial charge in [-0.05, 0) is 31.5 Å². The van der Waals surface area contributed by atoms with Crippen LogP contribution < -0.4 is 10.1 Å². The quantitative estimate of drug-likeness (QED) is 0.765. The molecule has 2 aromatic heterocycles. The van der Waals surface area contributed by atoms with Crippen molar-refractivity contribution in [3.8, 4) is 5.75 Å². The standard InChI is InChI=1S/C20H24N4O3/c1-11(2)19-23-22-17-8-5-13(10-24(17)19)21-20(25)18-12(3)15-9-14(26-4)6-7-16(15)27-18/h6-7,9,11,13H,5,8,10H2,1-4H3,(H,21,25)/t13-/m1/s1. The first-order chi connectivity index (χ1) is 13.0. The van der Waals surface area contributed by atoms with Crippen molar-refractivity contribution in [1.29, 1.82) is 0 Å². The topological polar surface area (TPSA) is 82.2 Å². The number of rotatable bonds is 4. The van der Waals surface area contributed by atoms with Crippen LogP contribution in [-0.2, 0) is 13.0 Å². The van der Waals surface area contributed by atoms with E-state index in [0.29, 0.717) is 23.8 Å². The predicted molar refractivity (Wildman–Crippen MR) is 101 cm³/mol. The van der Waals surface area contributed by atoms with Gasteiger partial charge in [0.05, 0.1) is 7.11 Å². The number of benzene rings is 1. The predicted octanol–water partition coefficient (Wildman–Crippen LogP) is 3.21. The van der Waals surface area contributed by atoms with E-state index in [0.717, 1.165) is 41.2 Å². The molecule has 0 bridgehead atoms. The fourth-order valence-corrected chi connectivity index (χ4v) is 3.69. The van der Waals surface area contributed by atoms with Crippen molar-refractivity contribution in [3.05, 3.63) is 41.2 Å². The lowest BCUT2D eigenvalue weighted by atomic mass is 10.1. The fraction of sp³-hybridized carbons (Fsp3) is 0.450. The van der Waals surface area contributed by atoms with Crippen LogP contribution in [0.5, 0.6) is 5.75 Å². The van der Waals surface area contributed by atoms with E-state index < -0.39 is 0 Å². The third-order valence-corrected chi connectivity index (χ3v) is 5.18. The van der Waals surface area contributed by atoms with Crippen molar-refractivity contribution < 1.29 is 13.9 Å². The van der Waals surface area contributed by atoms with Gasteiger partial charge < -0.3 is 19.0 Å². The first-order valence-electron chi connectivity index (χ1n) is 9.28. The van der Waals surface area contributed by atoms with Crippen molar-refractivity contribution in [3.63, 3.8) is 0 Å². The summed E-state index contributed by atoms with van der Waals surface area (Å²) in [4.78, 5) is 12.9. The highest BCUT2D eigenvalue weighted by molar-refractivity contribution is 5.99. The van der Waals surface area contributed by atoms with E-state index in [1.54, 1.807) is 7.11 Å². The minimum Gasteiger partial charge on any atom is -0.497 e. The summed E-state index contributed by atoms with van der Waals surface area (Å²) in [6, 6.07) is 5.58. The molecule has 3 aromatic rings. The molecule has 7 nitrogen and oxygen atoms in total. The third-order valence-electron chi connectivity index (χ3n) is 5.18. The van der Waals surface area contributed by atoms with Gasteiger partial charge in [-0.25, -0.2) is 0 Å². The molecule has 0 saturated carbocycles. The van der Waals surface area contributed by atoms with E-state index in [1.165, 1.54) is 0 Å². The molecule has 0 unspecified atom stereocenters. The zero-order chi connectivity index (χ0) is 19.1. The van der Waals surface area contributed by atoms with Crippen molar-refractivity contribution in [1.82, 2.24) is 20.1 Å². The van der Waals surface area contributed by atoms with Crippen LogP contribution in [0.1, 0.15) is 54.0 Å². The number of hydrogen-bond acceptors (Lipinski definition) is 5. The Labute approximate surface area is 157 Å². The van der Waals surface area contributed by atoms with Crippen molar-refractivity contribution in [2.75, 3.05) is 7.11 Å². The molecular weight excluding hydrogens is 344 g/mol. The summed E-state index contributed by atoms with van der Waals surface area (Å²) in [5.74, 6) is 3.18. The smallest absolute Gasteiger partial charge is 0.287 e. The van der Waals surface area contributed by atoms with Crippen LogP contribution in [0.15, 0.2) is 22.6 Å². The van der Waals surface area contributed by atoms with Gasteiger partial charge in [0, 0.05) is 35.9 Å². The number of carbonyl (C=O) groups excluding carboxylic acids is 1. The normalized spacial score (nSPS) is 16.6. The van der Waals surface area contributed by atoms with Gasteiger partial charge in [0.15, 0.2) is 5.76 Å². The second-order valence-electron chi connectivity index (χ2n) is 7.37. The Hall–Kier alpha value is -2.83. The highest BCUT2D eigenvalue weighted by atomic mass is 16.5. The number of carbonyl (C=O) groups is 1. The van der Waals surface area contributed by atoms with Gasteiger partial charge in [-0.15, -0.1) is 10.2 Å². The molecule has 142 valence electrons. The van der Waals surface area contributed by atoms with Crippen molar-refractivity contribution in [2.24, 2.45) is 0 Å². The summed E-state index contributed by atoms with van der Waals surface area (Å²) in [5, 5.41) is 12.6. The van der Waals surface area contributed by atoms with E-state index in [2.05, 4.69) is 33.9 Å². The van der Waals surface area contributed by atoms with Crippen LogP contribution in [0, 0.1) is 6.92 Å². The number of ether oxygens (including phenoxy) is 1. The molecule has 1 aliphatic heterocycles. The largest absolute Gasteiger partial charge is 0.497 e. The van der Waals surface area contributed by atoms with Gasteiger partial charge >= 0.3 is 0 Å². The Kier molecular flexibility index (Phi) is 4.37. The van der Waals surface area contributed by atoms with Crippen LogP contribution in [0.2, 0.25) is 0 Å². The minimum atomic E-state index is -0.185. The van der Waals surface area contributed by atoms with Gasteiger partial charge in [-0.2, -0.15) is 0 Å². The highest BCUT2D eigenvalue weighted by Gasteiger charge is 2.27. The lowest BCUT2D eigenvalue weighted by Crippen LogP contribution is -2.41. The maximum absolute atomic E-state index is 12.9. The molecular formula is C20H24N4O3. The Morgan fingerprint density at radius 1 is 1.37 bits per heavy atom. The molecule has 0 aliphatic carbocycles. The first-order valence-corrected chi connectivity index (χ1v) is 9.28. The van der Waals surface area contributed by atoms with E-state index >= 15 is 0 Å². The average Bonchev–Trinajstić information content (AvgIpc) is 3.22. The lowest BCUT2D eigenvalue weighted by Gasteiger charge is -2.25. The second kappa shape index (κ2) is 6.72. The molecule has 0 saturated heterocycles. The first kappa shape index (κ1) is 17.6. The summed E-state index contributed by atoms with van der Waals surface area (Å²) in [6.45, 7) is 6.79. The van der Waals surface area contributed by atoms with Crippen LogP contribution in [0.4, 0.5) is 0 Å². The molecule has 27 heavy (non-hydrogen) atoms. The molecule has 7 heteroatoms. The number of methoxy groups -OCH3 is 1. The number of furan rings is 1. The fourth-order valence-electron chi connectivity index (χ4n) is 3.69. The van der Waals surface area contributed by atoms with Crippen molar-refractivity contribution >= 4 is 16.9 Å². The number of hydrogen-bond donors (Lipinski definition) is 1. The zero-order valence-electron chi connectivity index (χ0n) is 16.1. The van der Waals surface area contributed by atoms with Crippen LogP contribution in [0.3, 0.4) is 0 Å². The van der Waals surface area contributed by atoms with Crippen LogP contribution >= 0.6 is 0 Å². The Morgan fingerprint density at radius 2 is 2.19 bits per heavy atom. The molecule has 1 N–H and O–H groups in total. The van der Waals surface area contributed by atoms with Gasteiger partial charge in [0.1, 0.15) is 23.0 Å². The van der Waals surface area contributed by atoms with E-state index in [-0.39, 0.29) is 11.9 Å². The molecule has 1 aliphatic rings. The molecule has 0 fully saturated rings. The van der Waals surface area contributed by atoms with Crippen molar-refractivity contribution in [2.45, 2.75) is 52.1 Å². The average molecular weight is 368 g/mol. The molecule has 0 radical (unpaired) electrons. The van der Waals surface area contributed by atoms with Gasteiger partial charge in [0.2, 0.25) is 0 Å². The van der Waals surface area contributed by atoms with E-state index in [9.17, 15) is 4.79 Å². The highest BCUT2D eigenvalue weighted by Crippen LogP contribution is 2.29.